The van der Waals surface area contributed by atoms with Crippen LogP contribution in [0.15, 0.2) is 53.3 Å². The molecule has 1 aromatic carbocycles. The number of ether oxygens (including phenoxy) is 2. The molecule has 3 atom stereocenters. The van der Waals surface area contributed by atoms with Crippen molar-refractivity contribution in [3.05, 3.63) is 60.1 Å². The minimum absolute atomic E-state index is 0.241. The highest BCUT2D eigenvalue weighted by molar-refractivity contribution is 5.75. The molecule has 2 aromatic rings. The lowest BCUT2D eigenvalue weighted by Crippen LogP contribution is -2.46. The minimum atomic E-state index is -0.600. The summed E-state index contributed by atoms with van der Waals surface area (Å²) in [6, 6.07) is 11.3. The Morgan fingerprint density at radius 1 is 1.21 bits per heavy atom. The number of amides is 1. The molecule has 0 aliphatic carbocycles. The summed E-state index contributed by atoms with van der Waals surface area (Å²) in [4.78, 5) is 24.7. The number of alkyl carbamates (subject to hydrolysis) is 1. The van der Waals surface area contributed by atoms with E-state index < -0.39 is 17.8 Å². The summed E-state index contributed by atoms with van der Waals surface area (Å²) < 4.78 is 16.1. The maximum Gasteiger partial charge on any atom is 0.408 e. The lowest BCUT2D eigenvalue weighted by Gasteiger charge is -2.26. The zero-order valence-electron chi connectivity index (χ0n) is 16.5. The molecule has 1 aliphatic rings. The molecule has 1 aliphatic heterocycles. The van der Waals surface area contributed by atoms with Gasteiger partial charge in [0, 0.05) is 6.42 Å². The van der Waals surface area contributed by atoms with Crippen molar-refractivity contribution in [1.82, 2.24) is 5.32 Å². The number of nitrogens with one attached hydrogen (secondary N) is 1. The molecule has 1 N–H and O–H groups in total. The van der Waals surface area contributed by atoms with Gasteiger partial charge in [0.2, 0.25) is 0 Å². The monoisotopic (exact) mass is 385 g/mol. The van der Waals surface area contributed by atoms with Gasteiger partial charge < -0.3 is 19.2 Å². The van der Waals surface area contributed by atoms with Crippen LogP contribution < -0.4 is 5.32 Å². The first kappa shape index (κ1) is 20.0. The molecule has 2 heterocycles. The average molecular weight is 385 g/mol. The molecule has 0 spiro atoms. The van der Waals surface area contributed by atoms with Crippen LogP contribution >= 0.6 is 0 Å². The first-order chi connectivity index (χ1) is 13.3. The molecule has 0 saturated carbocycles. The third-order valence-corrected chi connectivity index (χ3v) is 4.63. The van der Waals surface area contributed by atoms with Gasteiger partial charge in [-0.3, -0.25) is 4.79 Å². The predicted molar refractivity (Wildman–Crippen MR) is 104 cm³/mol. The average Bonchev–Trinajstić information content (AvgIpc) is 3.24. The molecule has 150 valence electrons. The number of esters is 1. The number of benzene rings is 1. The highest BCUT2D eigenvalue weighted by Gasteiger charge is 2.40. The molecule has 3 rings (SSSR count). The SMILES string of the molecule is CC(C)(C)OC(=O)NC(Cc1ccccc1)[C@@H]1C[C@H](Cc2ccoc2)C(=O)O1. The van der Waals surface area contributed by atoms with Gasteiger partial charge >= 0.3 is 12.1 Å². The van der Waals surface area contributed by atoms with Gasteiger partial charge in [-0.2, -0.15) is 0 Å². The fourth-order valence-corrected chi connectivity index (χ4v) is 3.38. The van der Waals surface area contributed by atoms with E-state index in [0.717, 1.165) is 11.1 Å². The van der Waals surface area contributed by atoms with E-state index in [1.807, 2.05) is 57.2 Å². The molecule has 1 saturated heterocycles. The van der Waals surface area contributed by atoms with Crippen molar-refractivity contribution >= 4 is 12.1 Å². The second kappa shape index (κ2) is 8.50. The van der Waals surface area contributed by atoms with Gasteiger partial charge in [0.25, 0.3) is 0 Å². The van der Waals surface area contributed by atoms with Crippen molar-refractivity contribution in [2.75, 3.05) is 0 Å². The Labute approximate surface area is 165 Å². The first-order valence-electron chi connectivity index (χ1n) is 9.55. The van der Waals surface area contributed by atoms with E-state index in [1.54, 1.807) is 12.5 Å². The van der Waals surface area contributed by atoms with Gasteiger partial charge in [0.1, 0.15) is 11.7 Å². The van der Waals surface area contributed by atoms with E-state index in [-0.39, 0.29) is 17.9 Å². The number of cyclic esters (lactones) is 1. The fourth-order valence-electron chi connectivity index (χ4n) is 3.38. The van der Waals surface area contributed by atoms with Gasteiger partial charge in [-0.05, 0) is 50.8 Å². The molecule has 1 unspecified atom stereocenters. The number of hydrogen-bond acceptors (Lipinski definition) is 5. The van der Waals surface area contributed by atoms with E-state index >= 15 is 0 Å². The second-order valence-corrected chi connectivity index (χ2v) is 8.19. The van der Waals surface area contributed by atoms with Crippen LogP contribution in [0.25, 0.3) is 0 Å². The third kappa shape index (κ3) is 5.62. The predicted octanol–water partition coefficient (Wildman–Crippen LogP) is 3.89. The summed E-state index contributed by atoms with van der Waals surface area (Å²) in [6.07, 6.45) is 3.97. The van der Waals surface area contributed by atoms with Gasteiger partial charge in [0.05, 0.1) is 24.5 Å². The molecule has 0 radical (unpaired) electrons. The molecule has 1 amide bonds. The molecule has 0 bridgehead atoms. The summed E-state index contributed by atoms with van der Waals surface area (Å²) in [5.41, 5.74) is 1.41. The molecule has 1 fully saturated rings. The molecule has 6 nitrogen and oxygen atoms in total. The van der Waals surface area contributed by atoms with Crippen molar-refractivity contribution in [1.29, 1.82) is 0 Å². The van der Waals surface area contributed by atoms with E-state index in [9.17, 15) is 9.59 Å². The van der Waals surface area contributed by atoms with Crippen LogP contribution in [-0.2, 0) is 27.1 Å². The van der Waals surface area contributed by atoms with Gasteiger partial charge in [-0.1, -0.05) is 30.3 Å². The Morgan fingerprint density at radius 3 is 2.61 bits per heavy atom. The van der Waals surface area contributed by atoms with Gasteiger partial charge in [-0.15, -0.1) is 0 Å². The van der Waals surface area contributed by atoms with E-state index in [0.29, 0.717) is 19.3 Å². The maximum atomic E-state index is 12.4. The maximum absolute atomic E-state index is 12.4. The smallest absolute Gasteiger partial charge is 0.408 e. The summed E-state index contributed by atoms with van der Waals surface area (Å²) >= 11 is 0. The number of hydrogen-bond donors (Lipinski definition) is 1. The van der Waals surface area contributed by atoms with Crippen LogP contribution in [0, 0.1) is 5.92 Å². The standard InChI is InChI=1S/C22H27NO5/c1-22(2,3)28-21(25)23-18(12-15-7-5-4-6-8-15)19-13-17(20(24)27-19)11-16-9-10-26-14-16/h4-10,14,17-19H,11-13H2,1-3H3,(H,23,25)/t17-,18?,19-/m0/s1. The van der Waals surface area contributed by atoms with Gasteiger partial charge in [-0.25, -0.2) is 4.79 Å². The van der Waals surface area contributed by atoms with Crippen LogP contribution in [0.4, 0.5) is 4.79 Å². The number of rotatable bonds is 6. The van der Waals surface area contributed by atoms with Crippen molar-refractivity contribution in [2.45, 2.75) is 57.8 Å². The number of carbonyl (C=O) groups is 2. The van der Waals surface area contributed by atoms with Crippen LogP contribution in [-0.4, -0.2) is 29.8 Å². The summed E-state index contributed by atoms with van der Waals surface area (Å²) in [7, 11) is 0. The van der Waals surface area contributed by atoms with Crippen LogP contribution in [0.2, 0.25) is 0 Å². The summed E-state index contributed by atoms with van der Waals surface area (Å²) in [5, 5.41) is 2.91. The Balaban J connectivity index is 1.70. The lowest BCUT2D eigenvalue weighted by molar-refractivity contribution is -0.145. The topological polar surface area (TPSA) is 77.8 Å². The molecular weight excluding hydrogens is 358 g/mol. The Morgan fingerprint density at radius 2 is 1.96 bits per heavy atom. The first-order valence-corrected chi connectivity index (χ1v) is 9.55. The van der Waals surface area contributed by atoms with Crippen LogP contribution in [0.5, 0.6) is 0 Å². The Bertz CT molecular complexity index is 779. The van der Waals surface area contributed by atoms with Crippen LogP contribution in [0.1, 0.15) is 38.3 Å². The number of furan rings is 1. The highest BCUT2D eigenvalue weighted by Crippen LogP contribution is 2.28. The van der Waals surface area contributed by atoms with Crippen molar-refractivity contribution in [3.8, 4) is 0 Å². The number of carbonyl (C=O) groups excluding carboxylic acids is 2. The van der Waals surface area contributed by atoms with E-state index in [4.69, 9.17) is 13.9 Å². The molecular formula is C22H27NO5. The van der Waals surface area contributed by atoms with Gasteiger partial charge in [0.15, 0.2) is 0 Å². The molecule has 28 heavy (non-hydrogen) atoms. The largest absolute Gasteiger partial charge is 0.472 e. The van der Waals surface area contributed by atoms with E-state index in [1.165, 1.54) is 0 Å². The second-order valence-electron chi connectivity index (χ2n) is 8.19. The highest BCUT2D eigenvalue weighted by atomic mass is 16.6. The summed E-state index contributed by atoms with van der Waals surface area (Å²) in [6.45, 7) is 5.44. The lowest BCUT2D eigenvalue weighted by atomic mass is 9.93. The Kier molecular flexibility index (Phi) is 6.07. The minimum Gasteiger partial charge on any atom is -0.472 e. The zero-order valence-corrected chi connectivity index (χ0v) is 16.5. The van der Waals surface area contributed by atoms with Crippen LogP contribution in [0.3, 0.4) is 0 Å². The normalized spacial score (nSPS) is 20.5. The van der Waals surface area contributed by atoms with Crippen molar-refractivity contribution < 1.29 is 23.5 Å². The Hall–Kier alpha value is -2.76. The van der Waals surface area contributed by atoms with Crippen molar-refractivity contribution in [2.24, 2.45) is 5.92 Å². The third-order valence-electron chi connectivity index (χ3n) is 4.63. The van der Waals surface area contributed by atoms with Crippen molar-refractivity contribution in [3.63, 3.8) is 0 Å². The zero-order chi connectivity index (χ0) is 20.1. The molecule has 1 aromatic heterocycles. The quantitative estimate of drug-likeness (QED) is 0.764. The fraction of sp³-hybridized carbons (Fsp3) is 0.455. The molecule has 6 heteroatoms. The summed E-state index contributed by atoms with van der Waals surface area (Å²) in [5.74, 6) is -0.489. The van der Waals surface area contributed by atoms with E-state index in [2.05, 4.69) is 5.32 Å².